The van der Waals surface area contributed by atoms with Crippen LogP contribution in [0.25, 0.3) is 0 Å². The van der Waals surface area contributed by atoms with Gasteiger partial charge in [-0.3, -0.25) is 4.79 Å². The zero-order chi connectivity index (χ0) is 16.7. The first-order valence-electron chi connectivity index (χ1n) is 8.89. The molecule has 5 nitrogen and oxygen atoms in total. The van der Waals surface area contributed by atoms with E-state index in [0.717, 1.165) is 42.9 Å². The maximum Gasteiger partial charge on any atom is 0.264 e. The van der Waals surface area contributed by atoms with Gasteiger partial charge in [0.2, 0.25) is 5.89 Å². The Labute approximate surface area is 146 Å². The Hall–Kier alpha value is -1.69. The number of amides is 1. The van der Waals surface area contributed by atoms with Crippen molar-refractivity contribution in [2.45, 2.75) is 64.3 Å². The summed E-state index contributed by atoms with van der Waals surface area (Å²) in [4.78, 5) is 21.8. The molecular weight excluding hydrogens is 322 g/mol. The van der Waals surface area contributed by atoms with Crippen molar-refractivity contribution in [1.82, 2.24) is 15.0 Å². The molecule has 3 heterocycles. The molecule has 128 valence electrons. The Morgan fingerprint density at radius 2 is 2.17 bits per heavy atom. The lowest BCUT2D eigenvalue weighted by Crippen LogP contribution is -2.30. The average molecular weight is 345 g/mol. The molecule has 0 unspecified atom stereocenters. The lowest BCUT2D eigenvalue weighted by molar-refractivity contribution is 0.0715. The molecular formula is C18H23N3O2S. The summed E-state index contributed by atoms with van der Waals surface area (Å²) in [5.74, 6) is 1.67. The van der Waals surface area contributed by atoms with Crippen LogP contribution in [0.4, 0.5) is 0 Å². The van der Waals surface area contributed by atoms with E-state index in [-0.39, 0.29) is 17.9 Å². The summed E-state index contributed by atoms with van der Waals surface area (Å²) >= 11 is 1.68. The number of likely N-dealkylation sites (tertiary alicyclic amines) is 1. The second-order valence-corrected chi connectivity index (χ2v) is 8.21. The van der Waals surface area contributed by atoms with Crippen molar-refractivity contribution in [2.75, 3.05) is 6.54 Å². The van der Waals surface area contributed by atoms with Crippen molar-refractivity contribution in [3.05, 3.63) is 33.1 Å². The van der Waals surface area contributed by atoms with Crippen LogP contribution in [-0.4, -0.2) is 27.5 Å². The summed E-state index contributed by atoms with van der Waals surface area (Å²) in [5.41, 5.74) is 1.38. The van der Waals surface area contributed by atoms with Gasteiger partial charge in [-0.25, -0.2) is 0 Å². The molecule has 1 saturated heterocycles. The molecule has 24 heavy (non-hydrogen) atoms. The predicted molar refractivity (Wildman–Crippen MR) is 92.4 cm³/mol. The second kappa shape index (κ2) is 6.31. The van der Waals surface area contributed by atoms with E-state index in [1.807, 2.05) is 18.7 Å². The van der Waals surface area contributed by atoms with Crippen LogP contribution in [0.1, 0.15) is 83.3 Å². The standard InChI is InChI=1S/C18H23N3O2S/c1-11(2)16-19-17(23-20-16)13-7-5-9-21(13)18(22)15-10-12-6-3-4-8-14(12)24-15/h10-11,13H,3-9H2,1-2H3/t13-/m0/s1. The normalized spacial score (nSPS) is 20.6. The van der Waals surface area contributed by atoms with Crippen LogP contribution in [0.15, 0.2) is 10.6 Å². The molecule has 1 fully saturated rings. The van der Waals surface area contributed by atoms with Crippen molar-refractivity contribution >= 4 is 17.2 Å². The third-order valence-corrected chi connectivity index (χ3v) is 6.21. The van der Waals surface area contributed by atoms with Crippen LogP contribution in [0.3, 0.4) is 0 Å². The van der Waals surface area contributed by atoms with E-state index < -0.39 is 0 Å². The van der Waals surface area contributed by atoms with Crippen LogP contribution < -0.4 is 0 Å². The number of aryl methyl sites for hydroxylation is 2. The summed E-state index contributed by atoms with van der Waals surface area (Å²) in [6, 6.07) is 2.04. The van der Waals surface area contributed by atoms with Crippen LogP contribution in [-0.2, 0) is 12.8 Å². The van der Waals surface area contributed by atoms with Gasteiger partial charge in [0, 0.05) is 17.3 Å². The van der Waals surface area contributed by atoms with Crippen LogP contribution in [0.2, 0.25) is 0 Å². The molecule has 0 spiro atoms. The van der Waals surface area contributed by atoms with E-state index in [1.54, 1.807) is 11.3 Å². The van der Waals surface area contributed by atoms with Gasteiger partial charge in [-0.05, 0) is 50.2 Å². The fourth-order valence-corrected chi connectivity index (χ4v) is 4.83. The minimum atomic E-state index is -0.0726. The Balaban J connectivity index is 1.57. The number of hydrogen-bond donors (Lipinski definition) is 0. The highest BCUT2D eigenvalue weighted by Crippen LogP contribution is 2.36. The van der Waals surface area contributed by atoms with Gasteiger partial charge in [-0.2, -0.15) is 4.98 Å². The first-order chi connectivity index (χ1) is 11.6. The maximum absolute atomic E-state index is 13.0. The molecule has 1 aliphatic heterocycles. The van der Waals surface area contributed by atoms with Crippen molar-refractivity contribution in [1.29, 1.82) is 0 Å². The molecule has 2 aromatic rings. The van der Waals surface area contributed by atoms with Crippen LogP contribution >= 0.6 is 11.3 Å². The molecule has 4 rings (SSSR count). The monoisotopic (exact) mass is 345 g/mol. The van der Waals surface area contributed by atoms with E-state index in [4.69, 9.17) is 4.52 Å². The second-order valence-electron chi connectivity index (χ2n) is 7.07. The third kappa shape index (κ3) is 2.77. The highest BCUT2D eigenvalue weighted by atomic mass is 32.1. The molecule has 1 amide bonds. The van der Waals surface area contributed by atoms with E-state index in [2.05, 4.69) is 16.2 Å². The Morgan fingerprint density at radius 3 is 2.92 bits per heavy atom. The lowest BCUT2D eigenvalue weighted by Gasteiger charge is -2.21. The van der Waals surface area contributed by atoms with Gasteiger partial charge in [0.1, 0.15) is 6.04 Å². The lowest BCUT2D eigenvalue weighted by atomic mass is 9.99. The number of thiophene rings is 1. The Bertz CT molecular complexity index is 726. The fourth-order valence-electron chi connectivity index (χ4n) is 3.62. The minimum Gasteiger partial charge on any atom is -0.337 e. The SMILES string of the molecule is CC(C)c1noc([C@@H]2CCCN2C(=O)c2cc3c(s2)CCCC3)n1. The Kier molecular flexibility index (Phi) is 4.16. The largest absolute Gasteiger partial charge is 0.337 e. The van der Waals surface area contributed by atoms with Crippen LogP contribution in [0, 0.1) is 0 Å². The first-order valence-corrected chi connectivity index (χ1v) is 9.71. The fraction of sp³-hybridized carbons (Fsp3) is 0.611. The van der Waals surface area contributed by atoms with Crippen molar-refractivity contribution in [3.63, 3.8) is 0 Å². The maximum atomic E-state index is 13.0. The summed E-state index contributed by atoms with van der Waals surface area (Å²) in [5, 5.41) is 4.06. The average Bonchev–Trinajstić information content (AvgIpc) is 3.30. The van der Waals surface area contributed by atoms with Crippen LogP contribution in [0.5, 0.6) is 0 Å². The molecule has 0 N–H and O–H groups in total. The van der Waals surface area contributed by atoms with Gasteiger partial charge >= 0.3 is 0 Å². The molecule has 0 saturated carbocycles. The van der Waals surface area contributed by atoms with Gasteiger partial charge in [-0.15, -0.1) is 11.3 Å². The predicted octanol–water partition coefficient (Wildman–Crippen LogP) is 4.11. The summed E-state index contributed by atoms with van der Waals surface area (Å²) in [7, 11) is 0. The highest BCUT2D eigenvalue weighted by molar-refractivity contribution is 7.14. The van der Waals surface area contributed by atoms with Gasteiger partial charge in [0.05, 0.1) is 4.88 Å². The molecule has 1 atom stereocenters. The molecule has 2 aromatic heterocycles. The summed E-state index contributed by atoms with van der Waals surface area (Å²) < 4.78 is 5.46. The van der Waals surface area contributed by atoms with Crippen molar-refractivity contribution in [2.24, 2.45) is 0 Å². The molecule has 0 bridgehead atoms. The number of hydrogen-bond acceptors (Lipinski definition) is 5. The van der Waals surface area contributed by atoms with Gasteiger partial charge in [0.15, 0.2) is 5.82 Å². The third-order valence-electron chi connectivity index (χ3n) is 4.98. The summed E-state index contributed by atoms with van der Waals surface area (Å²) in [6.07, 6.45) is 6.61. The summed E-state index contributed by atoms with van der Waals surface area (Å²) in [6.45, 7) is 4.86. The zero-order valence-electron chi connectivity index (χ0n) is 14.2. The smallest absolute Gasteiger partial charge is 0.264 e. The molecule has 6 heteroatoms. The molecule has 1 aliphatic carbocycles. The number of nitrogens with zero attached hydrogens (tertiary/aromatic N) is 3. The van der Waals surface area contributed by atoms with E-state index in [9.17, 15) is 4.79 Å². The number of fused-ring (bicyclic) bond motifs is 1. The van der Waals surface area contributed by atoms with E-state index >= 15 is 0 Å². The van der Waals surface area contributed by atoms with E-state index in [0.29, 0.717) is 5.89 Å². The molecule has 0 radical (unpaired) electrons. The molecule has 2 aliphatic rings. The topological polar surface area (TPSA) is 59.2 Å². The number of rotatable bonds is 3. The highest BCUT2D eigenvalue weighted by Gasteiger charge is 2.35. The van der Waals surface area contributed by atoms with Gasteiger partial charge in [0.25, 0.3) is 5.91 Å². The number of carbonyl (C=O) groups excluding carboxylic acids is 1. The quantitative estimate of drug-likeness (QED) is 0.840. The Morgan fingerprint density at radius 1 is 1.33 bits per heavy atom. The van der Waals surface area contributed by atoms with Gasteiger partial charge < -0.3 is 9.42 Å². The van der Waals surface area contributed by atoms with Gasteiger partial charge in [-0.1, -0.05) is 19.0 Å². The zero-order valence-corrected chi connectivity index (χ0v) is 15.1. The van der Waals surface area contributed by atoms with Crippen molar-refractivity contribution < 1.29 is 9.32 Å². The van der Waals surface area contributed by atoms with Crippen molar-refractivity contribution in [3.8, 4) is 0 Å². The number of aromatic nitrogens is 2. The number of carbonyl (C=O) groups is 1. The first kappa shape index (κ1) is 15.8. The van der Waals surface area contributed by atoms with E-state index in [1.165, 1.54) is 23.3 Å². The molecule has 0 aromatic carbocycles. The minimum absolute atomic E-state index is 0.0726.